The summed E-state index contributed by atoms with van der Waals surface area (Å²) in [5.74, 6) is 1.82. The van der Waals surface area contributed by atoms with Crippen LogP contribution in [0.15, 0.2) is 0 Å². The molecule has 0 aromatic carbocycles. The number of piperidine rings is 1. The second-order valence-corrected chi connectivity index (χ2v) is 5.73. The molecular formula is C13H25ClN2O. The number of amides is 1. The van der Waals surface area contributed by atoms with E-state index >= 15 is 0 Å². The average molecular weight is 261 g/mol. The Kier molecular flexibility index (Phi) is 5.26. The van der Waals surface area contributed by atoms with Gasteiger partial charge in [0, 0.05) is 18.5 Å². The third-order valence-electron chi connectivity index (χ3n) is 4.31. The fraction of sp³-hybridized carbons (Fsp3) is 0.923. The number of nitrogens with one attached hydrogen (secondary N) is 1. The van der Waals surface area contributed by atoms with Crippen molar-refractivity contribution in [1.82, 2.24) is 10.2 Å². The first-order valence-corrected chi connectivity index (χ1v) is 6.60. The Hall–Kier alpha value is -0.280. The number of halogens is 1. The molecule has 3 atom stereocenters. The lowest BCUT2D eigenvalue weighted by molar-refractivity contribution is -0.141. The van der Waals surface area contributed by atoms with Crippen molar-refractivity contribution < 1.29 is 4.79 Å². The van der Waals surface area contributed by atoms with Crippen molar-refractivity contribution in [3.8, 4) is 0 Å². The summed E-state index contributed by atoms with van der Waals surface area (Å²) in [6.45, 7) is 9.54. The molecule has 2 rings (SSSR count). The zero-order chi connectivity index (χ0) is 11.7. The van der Waals surface area contributed by atoms with Crippen LogP contribution in [0.2, 0.25) is 0 Å². The van der Waals surface area contributed by atoms with E-state index in [4.69, 9.17) is 0 Å². The zero-order valence-electron chi connectivity index (χ0n) is 11.1. The number of rotatable bonds is 2. The minimum Gasteiger partial charge on any atom is -0.339 e. The molecule has 0 saturated carbocycles. The maximum atomic E-state index is 12.4. The van der Waals surface area contributed by atoms with Gasteiger partial charge >= 0.3 is 0 Å². The molecule has 17 heavy (non-hydrogen) atoms. The van der Waals surface area contributed by atoms with E-state index in [0.717, 1.165) is 19.6 Å². The van der Waals surface area contributed by atoms with E-state index in [1.54, 1.807) is 0 Å². The number of nitrogens with zero attached hydrogens (tertiary/aromatic N) is 1. The van der Waals surface area contributed by atoms with Gasteiger partial charge in [-0.2, -0.15) is 0 Å². The molecule has 2 heterocycles. The number of hydrogen-bond donors (Lipinski definition) is 1. The lowest BCUT2D eigenvalue weighted by Crippen LogP contribution is -2.53. The Balaban J connectivity index is 0.00000144. The van der Waals surface area contributed by atoms with Crippen LogP contribution in [-0.4, -0.2) is 36.5 Å². The average Bonchev–Trinajstić information content (AvgIpc) is 2.18. The second-order valence-electron chi connectivity index (χ2n) is 5.73. The molecule has 4 heteroatoms. The van der Waals surface area contributed by atoms with E-state index in [2.05, 4.69) is 31.0 Å². The smallest absolute Gasteiger partial charge is 0.226 e. The van der Waals surface area contributed by atoms with Crippen molar-refractivity contribution in [2.24, 2.45) is 17.8 Å². The van der Waals surface area contributed by atoms with Crippen molar-refractivity contribution in [2.45, 2.75) is 39.7 Å². The molecule has 1 amide bonds. The fourth-order valence-electron chi connectivity index (χ4n) is 2.72. The molecule has 100 valence electrons. The number of carbonyl (C=O) groups excluding carboxylic acids is 1. The predicted octanol–water partition coefficient (Wildman–Crippen LogP) is 1.91. The summed E-state index contributed by atoms with van der Waals surface area (Å²) >= 11 is 0. The molecule has 0 aromatic rings. The molecule has 0 spiro atoms. The molecule has 2 aliphatic rings. The van der Waals surface area contributed by atoms with Gasteiger partial charge in [-0.05, 0) is 44.7 Å². The molecule has 0 aromatic heterocycles. The minimum absolute atomic E-state index is 0. The Morgan fingerprint density at radius 3 is 2.47 bits per heavy atom. The standard InChI is InChI=1S/C13H24N2O.ClH/c1-9-4-5-10(2)15(8-9)13(16)11(3)12-6-14-7-12;/h9-12,14H,4-8H2,1-3H3;1H. The molecular weight excluding hydrogens is 236 g/mol. The second kappa shape index (κ2) is 6.05. The van der Waals surface area contributed by atoms with Gasteiger partial charge in [0.1, 0.15) is 0 Å². The number of likely N-dealkylation sites (tertiary alicyclic amines) is 1. The quantitative estimate of drug-likeness (QED) is 0.823. The highest BCUT2D eigenvalue weighted by Crippen LogP contribution is 2.26. The van der Waals surface area contributed by atoms with E-state index in [9.17, 15) is 4.79 Å². The van der Waals surface area contributed by atoms with Gasteiger partial charge in [0.05, 0.1) is 0 Å². The maximum Gasteiger partial charge on any atom is 0.226 e. The van der Waals surface area contributed by atoms with Crippen molar-refractivity contribution in [1.29, 1.82) is 0 Å². The van der Waals surface area contributed by atoms with Crippen molar-refractivity contribution in [3.05, 3.63) is 0 Å². The molecule has 3 nitrogen and oxygen atoms in total. The van der Waals surface area contributed by atoms with Gasteiger partial charge < -0.3 is 10.2 Å². The molecule has 3 unspecified atom stereocenters. The highest BCUT2D eigenvalue weighted by atomic mass is 35.5. The first-order chi connectivity index (χ1) is 7.59. The first kappa shape index (κ1) is 14.8. The Morgan fingerprint density at radius 1 is 1.29 bits per heavy atom. The van der Waals surface area contributed by atoms with Crippen LogP contribution in [0.3, 0.4) is 0 Å². The van der Waals surface area contributed by atoms with Gasteiger partial charge in [-0.1, -0.05) is 13.8 Å². The summed E-state index contributed by atoms with van der Waals surface area (Å²) in [5.41, 5.74) is 0. The molecule has 2 aliphatic heterocycles. The van der Waals surface area contributed by atoms with Crippen LogP contribution in [0.5, 0.6) is 0 Å². The van der Waals surface area contributed by atoms with Crippen LogP contribution in [0, 0.1) is 17.8 Å². The predicted molar refractivity (Wildman–Crippen MR) is 72.3 cm³/mol. The van der Waals surface area contributed by atoms with Crippen molar-refractivity contribution >= 4 is 18.3 Å². The van der Waals surface area contributed by atoms with Gasteiger partial charge in [0.2, 0.25) is 5.91 Å². The topological polar surface area (TPSA) is 32.3 Å². The Morgan fingerprint density at radius 2 is 1.94 bits per heavy atom. The summed E-state index contributed by atoms with van der Waals surface area (Å²) in [6.07, 6.45) is 2.44. The largest absolute Gasteiger partial charge is 0.339 e. The van der Waals surface area contributed by atoms with Crippen LogP contribution < -0.4 is 5.32 Å². The van der Waals surface area contributed by atoms with Crippen molar-refractivity contribution in [2.75, 3.05) is 19.6 Å². The highest BCUT2D eigenvalue weighted by Gasteiger charge is 2.35. The van der Waals surface area contributed by atoms with Crippen LogP contribution in [-0.2, 0) is 4.79 Å². The number of carbonyl (C=O) groups is 1. The lowest BCUT2D eigenvalue weighted by Gasteiger charge is -2.41. The summed E-state index contributed by atoms with van der Waals surface area (Å²) in [7, 11) is 0. The molecule has 0 radical (unpaired) electrons. The minimum atomic E-state index is 0. The van der Waals surface area contributed by atoms with E-state index in [1.165, 1.54) is 12.8 Å². The van der Waals surface area contributed by atoms with Crippen molar-refractivity contribution in [3.63, 3.8) is 0 Å². The van der Waals surface area contributed by atoms with Gasteiger partial charge in [-0.3, -0.25) is 4.79 Å². The van der Waals surface area contributed by atoms with E-state index in [1.807, 2.05) is 0 Å². The monoisotopic (exact) mass is 260 g/mol. The van der Waals surface area contributed by atoms with Crippen LogP contribution in [0.1, 0.15) is 33.6 Å². The fourth-order valence-corrected chi connectivity index (χ4v) is 2.72. The van der Waals surface area contributed by atoms with E-state index in [-0.39, 0.29) is 18.3 Å². The van der Waals surface area contributed by atoms with Crippen LogP contribution in [0.4, 0.5) is 0 Å². The molecule has 0 bridgehead atoms. The van der Waals surface area contributed by atoms with Gasteiger partial charge in [-0.25, -0.2) is 0 Å². The maximum absolute atomic E-state index is 12.4. The van der Waals surface area contributed by atoms with E-state index < -0.39 is 0 Å². The molecule has 2 fully saturated rings. The molecule has 0 aliphatic carbocycles. The number of hydrogen-bond acceptors (Lipinski definition) is 2. The third kappa shape index (κ3) is 3.14. The lowest BCUT2D eigenvalue weighted by atomic mass is 9.86. The normalized spacial score (nSPS) is 31.4. The van der Waals surface area contributed by atoms with Gasteiger partial charge in [0.25, 0.3) is 0 Å². The van der Waals surface area contributed by atoms with Crippen LogP contribution >= 0.6 is 12.4 Å². The summed E-state index contributed by atoms with van der Waals surface area (Å²) in [6, 6.07) is 0.444. The summed E-state index contributed by atoms with van der Waals surface area (Å²) in [5, 5.41) is 3.25. The highest BCUT2D eigenvalue weighted by molar-refractivity contribution is 5.85. The summed E-state index contributed by atoms with van der Waals surface area (Å²) < 4.78 is 0. The summed E-state index contributed by atoms with van der Waals surface area (Å²) in [4.78, 5) is 14.5. The Labute approximate surface area is 111 Å². The first-order valence-electron chi connectivity index (χ1n) is 6.60. The SMILES string of the molecule is CC1CCC(C)N(C(=O)C(C)C2CNC2)C1.Cl. The third-order valence-corrected chi connectivity index (χ3v) is 4.31. The van der Waals surface area contributed by atoms with Gasteiger partial charge in [0.15, 0.2) is 0 Å². The Bertz CT molecular complexity index is 268. The molecule has 2 saturated heterocycles. The zero-order valence-corrected chi connectivity index (χ0v) is 11.9. The van der Waals surface area contributed by atoms with E-state index in [0.29, 0.717) is 23.8 Å². The van der Waals surface area contributed by atoms with Crippen LogP contribution in [0.25, 0.3) is 0 Å². The van der Waals surface area contributed by atoms with Gasteiger partial charge in [-0.15, -0.1) is 12.4 Å². The molecule has 1 N–H and O–H groups in total.